The van der Waals surface area contributed by atoms with Crippen LogP contribution < -0.4 is 0 Å². The van der Waals surface area contributed by atoms with Crippen molar-refractivity contribution in [2.75, 3.05) is 20.8 Å². The van der Waals surface area contributed by atoms with Gasteiger partial charge in [0.15, 0.2) is 8.32 Å². The van der Waals surface area contributed by atoms with Crippen molar-refractivity contribution in [3.63, 3.8) is 0 Å². The van der Waals surface area contributed by atoms with Crippen molar-refractivity contribution in [1.29, 1.82) is 0 Å². The molecule has 0 aromatic heterocycles. The number of Topliss-reactive ketones (excluding diaryl/α,β-unsaturated/α-hetero) is 1. The van der Waals surface area contributed by atoms with E-state index in [9.17, 15) is 4.79 Å². The van der Waals surface area contributed by atoms with Gasteiger partial charge in [-0.25, -0.2) is 0 Å². The van der Waals surface area contributed by atoms with E-state index in [0.29, 0.717) is 36.5 Å². The van der Waals surface area contributed by atoms with Gasteiger partial charge in [-0.1, -0.05) is 20.3 Å². The number of carbonyl (C=O) groups excluding carboxylic acids is 1. The largest absolute Gasteiger partial charge is 0.405 e. The molecule has 2 unspecified atom stereocenters. The van der Waals surface area contributed by atoms with Gasteiger partial charge in [-0.15, -0.1) is 0 Å². The van der Waals surface area contributed by atoms with E-state index in [4.69, 9.17) is 4.43 Å². The minimum Gasteiger partial charge on any atom is -0.405 e. The van der Waals surface area contributed by atoms with E-state index in [1.54, 1.807) is 0 Å². The Kier molecular flexibility index (Phi) is 10.1. The van der Waals surface area contributed by atoms with Gasteiger partial charge in [-0.3, -0.25) is 9.69 Å². The van der Waals surface area contributed by atoms with E-state index in [0.717, 1.165) is 18.9 Å². The average Bonchev–Trinajstić information content (AvgIpc) is 2.34. The molecule has 5 heteroatoms. The number of thiol groups is 1. The number of carbonyl (C=O) groups is 1. The average molecular weight is 320 g/mol. The van der Waals surface area contributed by atoms with E-state index in [1.807, 2.05) is 19.0 Å². The minimum atomic E-state index is -1.70. The zero-order valence-corrected chi connectivity index (χ0v) is 16.0. The lowest BCUT2D eigenvalue weighted by molar-refractivity contribution is -0.119. The van der Waals surface area contributed by atoms with Crippen molar-refractivity contribution >= 4 is 26.7 Å². The predicted molar refractivity (Wildman–Crippen MR) is 93.0 cm³/mol. The van der Waals surface area contributed by atoms with Gasteiger partial charge in [0.05, 0.1) is 6.73 Å². The van der Waals surface area contributed by atoms with Crippen molar-refractivity contribution in [1.82, 2.24) is 4.90 Å². The molecule has 0 aliphatic rings. The smallest absolute Gasteiger partial charge is 0.188 e. The van der Waals surface area contributed by atoms with Gasteiger partial charge in [0.25, 0.3) is 0 Å². The topological polar surface area (TPSA) is 29.5 Å². The van der Waals surface area contributed by atoms with E-state index in [-0.39, 0.29) is 0 Å². The molecular weight excluding hydrogens is 286 g/mol. The van der Waals surface area contributed by atoms with Crippen LogP contribution in [0, 0.1) is 5.92 Å². The highest BCUT2D eigenvalue weighted by Gasteiger charge is 2.24. The third-order valence-electron chi connectivity index (χ3n) is 3.51. The van der Waals surface area contributed by atoms with Crippen molar-refractivity contribution in [3.05, 3.63) is 0 Å². The molecule has 0 heterocycles. The maximum atomic E-state index is 12.1. The van der Waals surface area contributed by atoms with Crippen LogP contribution in [0.25, 0.3) is 0 Å². The molecule has 0 bridgehead atoms. The van der Waals surface area contributed by atoms with Crippen molar-refractivity contribution in [2.45, 2.75) is 63.9 Å². The van der Waals surface area contributed by atoms with Gasteiger partial charge in [-0.2, -0.15) is 12.6 Å². The normalized spacial score (nSPS) is 15.4. The van der Waals surface area contributed by atoms with Gasteiger partial charge in [0.1, 0.15) is 5.78 Å². The molecule has 0 rings (SSSR count). The Bertz CT molecular complexity index is 285. The van der Waals surface area contributed by atoms with Crippen LogP contribution in [0.5, 0.6) is 0 Å². The summed E-state index contributed by atoms with van der Waals surface area (Å²) in [5.41, 5.74) is 0. The van der Waals surface area contributed by atoms with Gasteiger partial charge in [0.2, 0.25) is 0 Å². The highest BCUT2D eigenvalue weighted by molar-refractivity contribution is 7.81. The maximum absolute atomic E-state index is 12.1. The van der Waals surface area contributed by atoms with Crippen LogP contribution in [0.2, 0.25) is 19.1 Å². The summed E-state index contributed by atoms with van der Waals surface area (Å²) in [5, 5.41) is 0.346. The number of hydrogen-bond acceptors (Lipinski definition) is 4. The molecule has 0 N–H and O–H groups in total. The summed E-state index contributed by atoms with van der Waals surface area (Å²) >= 11 is 4.59. The van der Waals surface area contributed by atoms with E-state index >= 15 is 0 Å². The van der Waals surface area contributed by atoms with Gasteiger partial charge in [0, 0.05) is 18.1 Å². The number of rotatable bonds is 11. The molecule has 0 amide bonds. The van der Waals surface area contributed by atoms with Gasteiger partial charge in [-0.05, 0) is 45.6 Å². The minimum absolute atomic E-state index is 0.346. The Balaban J connectivity index is 4.02. The van der Waals surface area contributed by atoms with Crippen LogP contribution in [0.4, 0.5) is 0 Å². The predicted octanol–water partition coefficient (Wildman–Crippen LogP) is 3.81. The first-order valence-electron chi connectivity index (χ1n) is 7.66. The number of hydrogen-bond donors (Lipinski definition) is 1. The van der Waals surface area contributed by atoms with Crippen LogP contribution in [-0.2, 0) is 9.22 Å². The fraction of sp³-hybridized carbons (Fsp3) is 0.933. The summed E-state index contributed by atoms with van der Waals surface area (Å²) in [7, 11) is 2.29. The molecule has 0 spiro atoms. The molecule has 0 radical (unpaired) electrons. The Morgan fingerprint density at radius 2 is 1.95 bits per heavy atom. The molecular formula is C15H33NO2SSi. The molecule has 20 heavy (non-hydrogen) atoms. The van der Waals surface area contributed by atoms with Crippen molar-refractivity contribution in [3.8, 4) is 0 Å². The van der Waals surface area contributed by atoms with E-state index < -0.39 is 8.32 Å². The third kappa shape index (κ3) is 9.97. The summed E-state index contributed by atoms with van der Waals surface area (Å²) in [5.74, 6) is 0.736. The molecule has 2 atom stereocenters. The lowest BCUT2D eigenvalue weighted by Gasteiger charge is -2.25. The second kappa shape index (κ2) is 9.98. The first-order valence-corrected chi connectivity index (χ1v) is 11.3. The molecule has 3 nitrogen and oxygen atoms in total. The fourth-order valence-corrected chi connectivity index (χ4v) is 3.99. The lowest BCUT2D eigenvalue weighted by atomic mass is 9.97. The summed E-state index contributed by atoms with van der Waals surface area (Å²) < 4.78 is 5.93. The molecule has 0 fully saturated rings. The molecule has 0 aromatic carbocycles. The second-order valence-electron chi connectivity index (χ2n) is 6.69. The maximum Gasteiger partial charge on any atom is 0.188 e. The summed E-state index contributed by atoms with van der Waals surface area (Å²) in [4.78, 5) is 14.1. The quantitative estimate of drug-likeness (QED) is 0.357. The zero-order valence-electron chi connectivity index (χ0n) is 14.1. The SMILES string of the molecule is CCCC(S)C(C)CC(=O)CC[Si](C)(C)OCN(C)C. The Hall–Kier alpha value is 0.157. The fourth-order valence-electron chi connectivity index (χ4n) is 1.99. The molecule has 0 saturated heterocycles. The number of nitrogens with zero attached hydrogens (tertiary/aromatic N) is 1. The number of ketones is 1. The monoisotopic (exact) mass is 319 g/mol. The molecule has 0 saturated carbocycles. The Labute approximate surface area is 132 Å². The Morgan fingerprint density at radius 3 is 2.45 bits per heavy atom. The van der Waals surface area contributed by atoms with Gasteiger partial charge < -0.3 is 4.43 Å². The molecule has 120 valence electrons. The van der Waals surface area contributed by atoms with Crippen LogP contribution in [0.15, 0.2) is 0 Å². The first-order chi connectivity index (χ1) is 9.18. The highest BCUT2D eigenvalue weighted by Crippen LogP contribution is 2.21. The van der Waals surface area contributed by atoms with Crippen LogP contribution in [0.3, 0.4) is 0 Å². The zero-order chi connectivity index (χ0) is 15.8. The highest BCUT2D eigenvalue weighted by atomic mass is 32.1. The van der Waals surface area contributed by atoms with Crippen LogP contribution in [0.1, 0.15) is 39.5 Å². The Morgan fingerprint density at radius 1 is 1.35 bits per heavy atom. The molecule has 0 aromatic rings. The lowest BCUT2D eigenvalue weighted by Crippen LogP contribution is -2.35. The van der Waals surface area contributed by atoms with Crippen LogP contribution in [-0.4, -0.2) is 45.1 Å². The van der Waals surface area contributed by atoms with Crippen LogP contribution >= 0.6 is 12.6 Å². The third-order valence-corrected chi connectivity index (χ3v) is 6.64. The summed E-state index contributed by atoms with van der Waals surface area (Å²) in [6.07, 6.45) is 3.53. The standard InChI is InChI=1S/C15H33NO2SSi/c1-7-8-15(19)13(2)11-14(17)9-10-20(5,6)18-12-16(3)4/h13,15,19H,7-12H2,1-6H3. The summed E-state index contributed by atoms with van der Waals surface area (Å²) in [6.45, 7) is 9.32. The van der Waals surface area contributed by atoms with E-state index in [1.165, 1.54) is 0 Å². The second-order valence-corrected chi connectivity index (χ2v) is 11.7. The molecule has 0 aliphatic heterocycles. The van der Waals surface area contributed by atoms with E-state index in [2.05, 4.69) is 39.6 Å². The van der Waals surface area contributed by atoms with Crippen molar-refractivity contribution < 1.29 is 9.22 Å². The molecule has 0 aliphatic carbocycles. The van der Waals surface area contributed by atoms with Gasteiger partial charge >= 0.3 is 0 Å². The van der Waals surface area contributed by atoms with Crippen molar-refractivity contribution in [2.24, 2.45) is 5.92 Å². The first kappa shape index (κ1) is 20.2. The summed E-state index contributed by atoms with van der Waals surface area (Å²) in [6, 6.07) is 0.914.